The van der Waals surface area contributed by atoms with Crippen LogP contribution in [-0.4, -0.2) is 52.9 Å². The Labute approximate surface area is 110 Å². The van der Waals surface area contributed by atoms with Crippen LogP contribution in [0.5, 0.6) is 0 Å². The molecule has 1 rings (SSSR count). The van der Waals surface area contributed by atoms with Crippen LogP contribution >= 0.6 is 0 Å². The maximum Gasteiger partial charge on any atom is 0.343 e. The van der Waals surface area contributed by atoms with Gasteiger partial charge in [0.25, 0.3) is 0 Å². The highest BCUT2D eigenvalue weighted by atomic mass is 16.6. The highest BCUT2D eigenvalue weighted by molar-refractivity contribution is 6.09. The second kappa shape index (κ2) is 7.20. The van der Waals surface area contributed by atoms with Crippen molar-refractivity contribution in [1.29, 1.82) is 0 Å². The number of ether oxygens (including phenoxy) is 2. The van der Waals surface area contributed by atoms with E-state index in [1.165, 1.54) is 0 Å². The van der Waals surface area contributed by atoms with E-state index >= 15 is 0 Å². The van der Waals surface area contributed by atoms with Crippen LogP contribution < -0.4 is 0 Å². The molecule has 0 aliphatic carbocycles. The Bertz CT molecular complexity index is 352. The highest BCUT2D eigenvalue weighted by Crippen LogP contribution is 2.15. The summed E-state index contributed by atoms with van der Waals surface area (Å²) >= 11 is 0. The fraction of sp³-hybridized carbons (Fsp3) is 0.750. The predicted octanol–water partition coefficient (Wildman–Crippen LogP) is -0.674. The molecule has 0 amide bonds. The van der Waals surface area contributed by atoms with E-state index in [-0.39, 0.29) is 6.42 Å². The molecule has 0 aromatic carbocycles. The van der Waals surface area contributed by atoms with Crippen LogP contribution in [0.2, 0.25) is 0 Å². The molecule has 3 unspecified atom stereocenters. The van der Waals surface area contributed by atoms with Crippen LogP contribution in [0.1, 0.15) is 32.6 Å². The van der Waals surface area contributed by atoms with E-state index in [1.807, 2.05) is 6.92 Å². The summed E-state index contributed by atoms with van der Waals surface area (Å²) in [6.45, 7) is 1.56. The lowest BCUT2D eigenvalue weighted by Crippen LogP contribution is -2.38. The number of Topliss-reactive ketones (excluding diaryl/α,β-unsaturated/α-hetero) is 1. The molecule has 7 heteroatoms. The number of unbranched alkanes of at least 4 members (excludes halogenated alkanes) is 2. The summed E-state index contributed by atoms with van der Waals surface area (Å²) in [5, 5.41) is 18.7. The molecule has 1 aliphatic rings. The van der Waals surface area contributed by atoms with E-state index in [4.69, 9.17) is 9.84 Å². The second-order valence-corrected chi connectivity index (χ2v) is 4.37. The maximum atomic E-state index is 11.3. The molecule has 0 aromatic rings. The molecule has 0 bridgehead atoms. The highest BCUT2D eigenvalue weighted by Gasteiger charge is 2.46. The predicted molar refractivity (Wildman–Crippen MR) is 62.0 cm³/mol. The lowest BCUT2D eigenvalue weighted by atomic mass is 10.1. The quantitative estimate of drug-likeness (QED) is 0.360. The third kappa shape index (κ3) is 4.29. The smallest absolute Gasteiger partial charge is 0.343 e. The normalized spacial score (nSPS) is 24.2. The molecule has 7 nitrogen and oxygen atoms in total. The Morgan fingerprint density at radius 3 is 2.63 bits per heavy atom. The number of hydrogen-bond donors (Lipinski definition) is 2. The van der Waals surface area contributed by atoms with Gasteiger partial charge in [0, 0.05) is 6.42 Å². The van der Waals surface area contributed by atoms with Crippen LogP contribution in [0.3, 0.4) is 0 Å². The Morgan fingerprint density at radius 2 is 2.11 bits per heavy atom. The molecule has 0 saturated carbocycles. The molecular weight excluding hydrogens is 256 g/mol. The van der Waals surface area contributed by atoms with E-state index in [2.05, 4.69) is 4.74 Å². The Hall–Kier alpha value is -1.47. The van der Waals surface area contributed by atoms with Crippen molar-refractivity contribution >= 4 is 17.7 Å². The summed E-state index contributed by atoms with van der Waals surface area (Å²) in [5.41, 5.74) is 0. The van der Waals surface area contributed by atoms with Crippen molar-refractivity contribution in [1.82, 2.24) is 0 Å². The minimum absolute atomic E-state index is 0.238. The summed E-state index contributed by atoms with van der Waals surface area (Å²) in [6, 6.07) is 0. The lowest BCUT2D eigenvalue weighted by molar-refractivity contribution is -0.156. The van der Waals surface area contributed by atoms with Crippen molar-refractivity contribution in [2.75, 3.05) is 6.61 Å². The van der Waals surface area contributed by atoms with Gasteiger partial charge < -0.3 is 19.7 Å². The van der Waals surface area contributed by atoms with E-state index in [0.29, 0.717) is 6.42 Å². The van der Waals surface area contributed by atoms with Crippen molar-refractivity contribution in [2.45, 2.75) is 50.9 Å². The first-order chi connectivity index (χ1) is 8.97. The van der Waals surface area contributed by atoms with Gasteiger partial charge in [-0.1, -0.05) is 19.8 Å². The van der Waals surface area contributed by atoms with Crippen LogP contribution in [-0.2, 0) is 23.9 Å². The molecule has 0 radical (unpaired) electrons. The largest absolute Gasteiger partial charge is 0.463 e. The van der Waals surface area contributed by atoms with Crippen molar-refractivity contribution < 1.29 is 34.1 Å². The Morgan fingerprint density at radius 1 is 1.42 bits per heavy atom. The van der Waals surface area contributed by atoms with Crippen molar-refractivity contribution in [2.24, 2.45) is 0 Å². The minimum atomic E-state index is -1.86. The number of esters is 2. The molecule has 1 aliphatic heterocycles. The van der Waals surface area contributed by atoms with E-state index in [0.717, 1.165) is 12.8 Å². The summed E-state index contributed by atoms with van der Waals surface area (Å²) in [6.07, 6.45) is -1.97. The average Bonchev–Trinajstić information content (AvgIpc) is 2.64. The molecule has 3 atom stereocenters. The van der Waals surface area contributed by atoms with Gasteiger partial charge in [0.2, 0.25) is 11.9 Å². The fourth-order valence-corrected chi connectivity index (χ4v) is 1.64. The number of rotatable bonds is 7. The monoisotopic (exact) mass is 274 g/mol. The van der Waals surface area contributed by atoms with Crippen LogP contribution in [0.25, 0.3) is 0 Å². The zero-order chi connectivity index (χ0) is 14.4. The van der Waals surface area contributed by atoms with E-state index in [1.54, 1.807) is 0 Å². The van der Waals surface area contributed by atoms with Crippen LogP contribution in [0.15, 0.2) is 0 Å². The summed E-state index contributed by atoms with van der Waals surface area (Å²) in [4.78, 5) is 33.5. The van der Waals surface area contributed by atoms with Gasteiger partial charge in [-0.15, -0.1) is 0 Å². The molecule has 0 spiro atoms. The van der Waals surface area contributed by atoms with Crippen molar-refractivity contribution in [3.8, 4) is 0 Å². The van der Waals surface area contributed by atoms with Crippen molar-refractivity contribution in [3.63, 3.8) is 0 Å². The number of aliphatic hydroxyl groups is 2. The van der Waals surface area contributed by atoms with Gasteiger partial charge in [0.1, 0.15) is 12.7 Å². The first-order valence-electron chi connectivity index (χ1n) is 6.23. The van der Waals surface area contributed by atoms with E-state index in [9.17, 15) is 19.5 Å². The van der Waals surface area contributed by atoms with Gasteiger partial charge in [-0.25, -0.2) is 4.79 Å². The molecule has 1 heterocycles. The number of cyclic esters (lactones) is 1. The van der Waals surface area contributed by atoms with Crippen LogP contribution in [0.4, 0.5) is 0 Å². The minimum Gasteiger partial charge on any atom is -0.463 e. The average molecular weight is 274 g/mol. The molecule has 1 fully saturated rings. The first-order valence-corrected chi connectivity index (χ1v) is 6.23. The van der Waals surface area contributed by atoms with Gasteiger partial charge in [-0.2, -0.15) is 0 Å². The van der Waals surface area contributed by atoms with Crippen LogP contribution in [0, 0.1) is 0 Å². The summed E-state index contributed by atoms with van der Waals surface area (Å²) in [5.74, 6) is -2.49. The topological polar surface area (TPSA) is 110 Å². The van der Waals surface area contributed by atoms with Gasteiger partial charge in [-0.3, -0.25) is 9.59 Å². The zero-order valence-electron chi connectivity index (χ0n) is 10.7. The standard InChI is InChI=1S/C12H18O7/c1-2-3-4-5-8(14)18-6-7(13)11-9(15)10(16)12(17)19-11/h7,10-11,13,16H,2-6H2,1H3. The third-order valence-corrected chi connectivity index (χ3v) is 2.77. The number of ketones is 1. The van der Waals surface area contributed by atoms with Gasteiger partial charge in [0.15, 0.2) is 6.10 Å². The molecule has 19 heavy (non-hydrogen) atoms. The number of carbonyl (C=O) groups is 3. The number of carbonyl (C=O) groups excluding carboxylic acids is 3. The fourth-order valence-electron chi connectivity index (χ4n) is 1.64. The third-order valence-electron chi connectivity index (χ3n) is 2.77. The zero-order valence-corrected chi connectivity index (χ0v) is 10.7. The Balaban J connectivity index is 2.31. The molecule has 2 N–H and O–H groups in total. The van der Waals surface area contributed by atoms with Gasteiger partial charge >= 0.3 is 11.9 Å². The second-order valence-electron chi connectivity index (χ2n) is 4.37. The molecule has 1 saturated heterocycles. The maximum absolute atomic E-state index is 11.3. The van der Waals surface area contributed by atoms with E-state index < -0.39 is 42.6 Å². The lowest BCUT2D eigenvalue weighted by Gasteiger charge is -2.15. The summed E-state index contributed by atoms with van der Waals surface area (Å²) in [7, 11) is 0. The Kier molecular flexibility index (Phi) is 5.91. The van der Waals surface area contributed by atoms with Crippen molar-refractivity contribution in [3.05, 3.63) is 0 Å². The molecule has 0 aromatic heterocycles. The first kappa shape index (κ1) is 15.6. The SMILES string of the molecule is CCCCCC(=O)OCC(O)C1OC(=O)C(O)C1=O. The van der Waals surface area contributed by atoms with Gasteiger partial charge in [-0.05, 0) is 6.42 Å². The van der Waals surface area contributed by atoms with Gasteiger partial charge in [0.05, 0.1) is 0 Å². The number of aliphatic hydroxyl groups excluding tert-OH is 2. The number of hydrogen-bond acceptors (Lipinski definition) is 7. The molecule has 108 valence electrons. The summed E-state index contributed by atoms with van der Waals surface area (Å²) < 4.78 is 9.27. The molecular formula is C12H18O7.